The van der Waals surface area contributed by atoms with E-state index in [0.717, 1.165) is 19.6 Å². The first kappa shape index (κ1) is 16.4. The predicted octanol–water partition coefficient (Wildman–Crippen LogP) is 0.654. The van der Waals surface area contributed by atoms with Crippen molar-refractivity contribution < 1.29 is 14.6 Å². The zero-order valence-electron chi connectivity index (χ0n) is 11.4. The van der Waals surface area contributed by atoms with E-state index in [9.17, 15) is 4.79 Å². The van der Waals surface area contributed by atoms with E-state index >= 15 is 0 Å². The number of aliphatic carboxylic acids is 1. The van der Waals surface area contributed by atoms with Crippen LogP contribution < -0.4 is 5.32 Å². The summed E-state index contributed by atoms with van der Waals surface area (Å²) in [5.41, 5.74) is 0. The van der Waals surface area contributed by atoms with Crippen LogP contribution in [-0.4, -0.2) is 62.4 Å². The van der Waals surface area contributed by atoms with Gasteiger partial charge >= 0.3 is 5.97 Å². The van der Waals surface area contributed by atoms with Crippen LogP contribution in [-0.2, 0) is 9.53 Å². The summed E-state index contributed by atoms with van der Waals surface area (Å²) in [6.07, 6.45) is 0.613. The molecule has 0 radical (unpaired) electrons. The molecular formula is C12H26N2O3. The minimum atomic E-state index is -0.788. The van der Waals surface area contributed by atoms with Crippen LogP contribution in [0.4, 0.5) is 0 Å². The van der Waals surface area contributed by atoms with E-state index in [1.54, 1.807) is 14.2 Å². The second kappa shape index (κ2) is 9.39. The van der Waals surface area contributed by atoms with Crippen molar-refractivity contribution in [1.29, 1.82) is 0 Å². The number of carbonyl (C=O) groups is 1. The largest absolute Gasteiger partial charge is 0.480 e. The van der Waals surface area contributed by atoms with Crippen molar-refractivity contribution in [2.75, 3.05) is 40.4 Å². The average Bonchev–Trinajstić information content (AvgIpc) is 2.25. The van der Waals surface area contributed by atoms with Crippen molar-refractivity contribution in [2.24, 2.45) is 5.92 Å². The zero-order valence-corrected chi connectivity index (χ0v) is 11.4. The van der Waals surface area contributed by atoms with Crippen molar-refractivity contribution >= 4 is 5.97 Å². The molecule has 102 valence electrons. The van der Waals surface area contributed by atoms with Crippen LogP contribution in [0.25, 0.3) is 0 Å². The summed E-state index contributed by atoms with van der Waals surface area (Å²) in [5.74, 6) is -0.214. The van der Waals surface area contributed by atoms with Crippen molar-refractivity contribution in [3.8, 4) is 0 Å². The van der Waals surface area contributed by atoms with E-state index in [1.165, 1.54) is 0 Å². The number of ether oxygens (including phenoxy) is 1. The van der Waals surface area contributed by atoms with Gasteiger partial charge < -0.3 is 20.1 Å². The molecule has 0 saturated heterocycles. The first-order valence-electron chi connectivity index (χ1n) is 6.12. The van der Waals surface area contributed by atoms with Gasteiger partial charge in [0.15, 0.2) is 0 Å². The van der Waals surface area contributed by atoms with Crippen LogP contribution in [0.1, 0.15) is 20.3 Å². The van der Waals surface area contributed by atoms with Crippen LogP contribution in [0.3, 0.4) is 0 Å². The normalized spacial score (nSPS) is 13.3. The van der Waals surface area contributed by atoms with E-state index in [-0.39, 0.29) is 0 Å². The molecule has 17 heavy (non-hydrogen) atoms. The monoisotopic (exact) mass is 246 g/mol. The summed E-state index contributed by atoms with van der Waals surface area (Å²) < 4.78 is 5.06. The SMILES string of the molecule is CNC(CCN(CCOC)CC(C)C)C(=O)O. The van der Waals surface area contributed by atoms with Gasteiger partial charge in [-0.1, -0.05) is 13.8 Å². The molecule has 5 nitrogen and oxygen atoms in total. The fraction of sp³-hybridized carbons (Fsp3) is 0.917. The maximum atomic E-state index is 10.9. The van der Waals surface area contributed by atoms with Crippen LogP contribution in [0.2, 0.25) is 0 Å². The van der Waals surface area contributed by atoms with Gasteiger partial charge in [0.2, 0.25) is 0 Å². The topological polar surface area (TPSA) is 61.8 Å². The Balaban J connectivity index is 4.08. The molecule has 0 fully saturated rings. The molecule has 0 spiro atoms. The van der Waals surface area contributed by atoms with Crippen molar-refractivity contribution in [3.05, 3.63) is 0 Å². The Morgan fingerprint density at radius 2 is 2.06 bits per heavy atom. The third-order valence-corrected chi connectivity index (χ3v) is 2.62. The molecule has 2 N–H and O–H groups in total. The van der Waals surface area contributed by atoms with Crippen LogP contribution >= 0.6 is 0 Å². The number of hydrogen-bond donors (Lipinski definition) is 2. The Morgan fingerprint density at radius 3 is 2.47 bits per heavy atom. The van der Waals surface area contributed by atoms with Gasteiger partial charge in [0.1, 0.15) is 6.04 Å². The number of hydrogen-bond acceptors (Lipinski definition) is 4. The van der Waals surface area contributed by atoms with Gasteiger partial charge in [0.25, 0.3) is 0 Å². The maximum Gasteiger partial charge on any atom is 0.320 e. The smallest absolute Gasteiger partial charge is 0.320 e. The molecule has 0 rings (SSSR count). The van der Waals surface area contributed by atoms with Gasteiger partial charge in [0, 0.05) is 26.7 Å². The molecular weight excluding hydrogens is 220 g/mol. The van der Waals surface area contributed by atoms with Gasteiger partial charge in [0.05, 0.1) is 6.61 Å². The number of rotatable bonds is 10. The van der Waals surface area contributed by atoms with E-state index in [0.29, 0.717) is 18.9 Å². The summed E-state index contributed by atoms with van der Waals surface area (Å²) in [5, 5.41) is 11.7. The third-order valence-electron chi connectivity index (χ3n) is 2.62. The highest BCUT2D eigenvalue weighted by Crippen LogP contribution is 2.02. The second-order valence-corrected chi connectivity index (χ2v) is 4.66. The number of carboxylic acid groups (broad SMARTS) is 1. The summed E-state index contributed by atoms with van der Waals surface area (Å²) in [6.45, 7) is 7.60. The lowest BCUT2D eigenvalue weighted by molar-refractivity contribution is -0.139. The standard InChI is InChI=1S/C12H26N2O3/c1-10(2)9-14(7-8-17-4)6-5-11(13-3)12(15)16/h10-11,13H,5-9H2,1-4H3,(H,15,16). The fourth-order valence-corrected chi connectivity index (χ4v) is 1.73. The lowest BCUT2D eigenvalue weighted by atomic mass is 10.1. The van der Waals surface area contributed by atoms with Crippen LogP contribution in [0.15, 0.2) is 0 Å². The lowest BCUT2D eigenvalue weighted by Gasteiger charge is -2.25. The van der Waals surface area contributed by atoms with Crippen molar-refractivity contribution in [1.82, 2.24) is 10.2 Å². The third kappa shape index (κ3) is 8.12. The Kier molecular flexibility index (Phi) is 9.03. The van der Waals surface area contributed by atoms with E-state index in [2.05, 4.69) is 24.1 Å². The molecule has 0 amide bonds. The summed E-state index contributed by atoms with van der Waals surface area (Å²) >= 11 is 0. The summed E-state index contributed by atoms with van der Waals surface area (Å²) in [4.78, 5) is 13.1. The molecule has 0 aliphatic carbocycles. The zero-order chi connectivity index (χ0) is 13.3. The average molecular weight is 246 g/mol. The van der Waals surface area contributed by atoms with Gasteiger partial charge in [-0.3, -0.25) is 4.79 Å². The molecule has 0 heterocycles. The highest BCUT2D eigenvalue weighted by atomic mass is 16.5. The summed E-state index contributed by atoms with van der Waals surface area (Å²) in [7, 11) is 3.36. The minimum Gasteiger partial charge on any atom is -0.480 e. The molecule has 0 aromatic carbocycles. The first-order chi connectivity index (χ1) is 8.01. The Bertz CT molecular complexity index is 210. The quantitative estimate of drug-likeness (QED) is 0.593. The van der Waals surface area contributed by atoms with E-state index < -0.39 is 12.0 Å². The number of carboxylic acids is 1. The molecule has 5 heteroatoms. The van der Waals surface area contributed by atoms with E-state index in [4.69, 9.17) is 9.84 Å². The molecule has 0 aromatic heterocycles. The van der Waals surface area contributed by atoms with Crippen LogP contribution in [0, 0.1) is 5.92 Å². The molecule has 0 saturated carbocycles. The molecule has 0 aliphatic rings. The Labute approximate surface area is 104 Å². The molecule has 0 aromatic rings. The van der Waals surface area contributed by atoms with Crippen molar-refractivity contribution in [2.45, 2.75) is 26.3 Å². The minimum absolute atomic E-state index is 0.466. The summed E-state index contributed by atoms with van der Waals surface area (Å²) in [6, 6.07) is -0.466. The molecule has 0 bridgehead atoms. The van der Waals surface area contributed by atoms with E-state index in [1.807, 2.05) is 0 Å². The van der Waals surface area contributed by atoms with Gasteiger partial charge in [-0.05, 0) is 19.4 Å². The molecule has 1 atom stereocenters. The Morgan fingerprint density at radius 1 is 1.41 bits per heavy atom. The number of likely N-dealkylation sites (N-methyl/N-ethyl adjacent to an activating group) is 1. The predicted molar refractivity (Wildman–Crippen MR) is 68.3 cm³/mol. The highest BCUT2D eigenvalue weighted by Gasteiger charge is 2.16. The fourth-order valence-electron chi connectivity index (χ4n) is 1.73. The molecule has 1 unspecified atom stereocenters. The second-order valence-electron chi connectivity index (χ2n) is 4.66. The van der Waals surface area contributed by atoms with Crippen LogP contribution in [0.5, 0.6) is 0 Å². The molecule has 0 aliphatic heterocycles. The van der Waals surface area contributed by atoms with Gasteiger partial charge in [-0.25, -0.2) is 0 Å². The number of methoxy groups -OCH3 is 1. The van der Waals surface area contributed by atoms with Gasteiger partial charge in [-0.2, -0.15) is 0 Å². The highest BCUT2D eigenvalue weighted by molar-refractivity contribution is 5.73. The number of nitrogens with one attached hydrogen (secondary N) is 1. The van der Waals surface area contributed by atoms with Crippen molar-refractivity contribution in [3.63, 3.8) is 0 Å². The lowest BCUT2D eigenvalue weighted by Crippen LogP contribution is -2.39. The maximum absolute atomic E-state index is 10.9. The van der Waals surface area contributed by atoms with Gasteiger partial charge in [-0.15, -0.1) is 0 Å². The Hall–Kier alpha value is -0.650. The first-order valence-corrected chi connectivity index (χ1v) is 6.12. The number of nitrogens with zero attached hydrogens (tertiary/aromatic N) is 1.